The van der Waals surface area contributed by atoms with E-state index in [1.54, 1.807) is 6.07 Å². The van der Waals surface area contributed by atoms with Gasteiger partial charge in [-0.2, -0.15) is 0 Å². The number of rotatable bonds is 5. The number of aryl methyl sites for hydroxylation is 1. The number of hydrogen-bond donors (Lipinski definition) is 1. The van der Waals surface area contributed by atoms with Gasteiger partial charge in [0.1, 0.15) is 12.4 Å². The van der Waals surface area contributed by atoms with Crippen LogP contribution in [-0.4, -0.2) is 24.8 Å². The van der Waals surface area contributed by atoms with E-state index in [1.807, 2.05) is 26.0 Å². The maximum atomic E-state index is 11.8. The second-order valence-electron chi connectivity index (χ2n) is 5.54. The third kappa shape index (κ3) is 5.20. The van der Waals surface area contributed by atoms with Gasteiger partial charge in [0.2, 0.25) is 11.7 Å². The first-order chi connectivity index (χ1) is 10.4. The summed E-state index contributed by atoms with van der Waals surface area (Å²) in [5.74, 6) is -0.280. The van der Waals surface area contributed by atoms with E-state index >= 15 is 0 Å². The minimum absolute atomic E-state index is 0.176. The van der Waals surface area contributed by atoms with E-state index in [1.165, 1.54) is 6.08 Å². The zero-order chi connectivity index (χ0) is 16.2. The minimum Gasteiger partial charge on any atom is -0.465 e. The van der Waals surface area contributed by atoms with Gasteiger partial charge < -0.3 is 14.8 Å². The monoisotopic (exact) mass is 343 g/mol. The van der Waals surface area contributed by atoms with Gasteiger partial charge >= 0.3 is 0 Å². The standard InChI is InChI=1S/C16H19Cl2NO3/c1-16(2)21-10-12(22-16)9-15(20)19-7-3-4-11-5-6-13(17)14(18)8-11/h5-6,8-9H,3-4,7,10H2,1-2H3,(H,19,20)/b12-9-. The summed E-state index contributed by atoms with van der Waals surface area (Å²) in [6.45, 7) is 4.52. The predicted molar refractivity (Wildman–Crippen MR) is 87.0 cm³/mol. The molecule has 1 aromatic carbocycles. The molecular formula is C16H19Cl2NO3. The average Bonchev–Trinajstić information content (AvgIpc) is 2.78. The average molecular weight is 344 g/mol. The van der Waals surface area contributed by atoms with Gasteiger partial charge in [0.25, 0.3) is 0 Å². The fourth-order valence-electron chi connectivity index (χ4n) is 2.09. The molecule has 4 nitrogen and oxygen atoms in total. The van der Waals surface area contributed by atoms with Crippen LogP contribution in [0.2, 0.25) is 10.0 Å². The molecule has 1 heterocycles. The quantitative estimate of drug-likeness (QED) is 0.654. The van der Waals surface area contributed by atoms with Gasteiger partial charge in [0, 0.05) is 26.5 Å². The normalized spacial score (nSPS) is 18.3. The van der Waals surface area contributed by atoms with Crippen molar-refractivity contribution in [2.45, 2.75) is 32.5 Å². The molecule has 22 heavy (non-hydrogen) atoms. The van der Waals surface area contributed by atoms with Crippen molar-refractivity contribution in [1.29, 1.82) is 0 Å². The van der Waals surface area contributed by atoms with Crippen molar-refractivity contribution in [3.63, 3.8) is 0 Å². The molecule has 1 N–H and O–H groups in total. The number of nitrogens with one attached hydrogen (secondary N) is 1. The Morgan fingerprint density at radius 2 is 2.14 bits per heavy atom. The molecule has 0 saturated carbocycles. The van der Waals surface area contributed by atoms with E-state index in [-0.39, 0.29) is 5.91 Å². The summed E-state index contributed by atoms with van der Waals surface area (Å²) < 4.78 is 10.8. The molecular weight excluding hydrogens is 325 g/mol. The van der Waals surface area contributed by atoms with E-state index < -0.39 is 5.79 Å². The summed E-state index contributed by atoms with van der Waals surface area (Å²) >= 11 is 11.8. The summed E-state index contributed by atoms with van der Waals surface area (Å²) in [7, 11) is 0. The van der Waals surface area contributed by atoms with Gasteiger partial charge in [0.05, 0.1) is 10.0 Å². The molecule has 1 amide bonds. The fourth-order valence-corrected chi connectivity index (χ4v) is 2.41. The molecule has 0 aromatic heterocycles. The Kier molecular flexibility index (Phi) is 5.73. The van der Waals surface area contributed by atoms with Gasteiger partial charge in [-0.05, 0) is 30.5 Å². The van der Waals surface area contributed by atoms with E-state index in [4.69, 9.17) is 32.7 Å². The lowest BCUT2D eigenvalue weighted by molar-refractivity contribution is -0.119. The third-order valence-corrected chi connectivity index (χ3v) is 3.90. The van der Waals surface area contributed by atoms with Gasteiger partial charge in [-0.3, -0.25) is 4.79 Å². The molecule has 1 fully saturated rings. The second-order valence-corrected chi connectivity index (χ2v) is 6.36. The Hall–Kier alpha value is -1.23. The van der Waals surface area contributed by atoms with Crippen LogP contribution in [0.4, 0.5) is 0 Å². The Morgan fingerprint density at radius 1 is 1.36 bits per heavy atom. The van der Waals surface area contributed by atoms with E-state index in [0.717, 1.165) is 18.4 Å². The predicted octanol–water partition coefficient (Wildman–Crippen LogP) is 3.71. The van der Waals surface area contributed by atoms with E-state index in [9.17, 15) is 4.79 Å². The van der Waals surface area contributed by atoms with Gasteiger partial charge in [0.15, 0.2) is 0 Å². The van der Waals surface area contributed by atoms with Crippen LogP contribution in [0.25, 0.3) is 0 Å². The number of amides is 1. The van der Waals surface area contributed by atoms with Crippen molar-refractivity contribution < 1.29 is 14.3 Å². The largest absolute Gasteiger partial charge is 0.465 e. The van der Waals surface area contributed by atoms with Crippen molar-refractivity contribution in [1.82, 2.24) is 5.32 Å². The van der Waals surface area contributed by atoms with E-state index in [0.29, 0.717) is 29.0 Å². The van der Waals surface area contributed by atoms with Crippen LogP contribution >= 0.6 is 23.2 Å². The first-order valence-electron chi connectivity index (χ1n) is 7.11. The molecule has 1 aliphatic heterocycles. The smallest absolute Gasteiger partial charge is 0.247 e. The highest BCUT2D eigenvalue weighted by Crippen LogP contribution is 2.24. The molecule has 0 bridgehead atoms. The zero-order valence-corrected chi connectivity index (χ0v) is 14.1. The second kappa shape index (κ2) is 7.36. The van der Waals surface area contributed by atoms with Crippen molar-refractivity contribution in [2.24, 2.45) is 0 Å². The van der Waals surface area contributed by atoms with Crippen LogP contribution in [0.1, 0.15) is 25.8 Å². The Morgan fingerprint density at radius 3 is 2.77 bits per heavy atom. The third-order valence-electron chi connectivity index (χ3n) is 3.16. The van der Waals surface area contributed by atoms with E-state index in [2.05, 4.69) is 5.32 Å². The van der Waals surface area contributed by atoms with Crippen LogP contribution in [0, 0.1) is 0 Å². The molecule has 0 unspecified atom stereocenters. The summed E-state index contributed by atoms with van der Waals surface area (Å²) in [6.07, 6.45) is 3.07. The molecule has 2 rings (SSSR count). The zero-order valence-electron chi connectivity index (χ0n) is 12.6. The Labute approximate surface area is 140 Å². The van der Waals surface area contributed by atoms with Gasteiger partial charge in [-0.1, -0.05) is 29.3 Å². The lowest BCUT2D eigenvalue weighted by Crippen LogP contribution is -2.23. The highest BCUT2D eigenvalue weighted by molar-refractivity contribution is 6.42. The maximum absolute atomic E-state index is 11.8. The molecule has 1 aliphatic rings. The lowest BCUT2D eigenvalue weighted by Gasteiger charge is -2.15. The van der Waals surface area contributed by atoms with Crippen molar-refractivity contribution >= 4 is 29.1 Å². The Bertz CT molecular complexity index is 585. The maximum Gasteiger partial charge on any atom is 0.247 e. The first kappa shape index (κ1) is 17.1. The summed E-state index contributed by atoms with van der Waals surface area (Å²) in [5.41, 5.74) is 1.09. The first-order valence-corrected chi connectivity index (χ1v) is 7.87. The number of carbonyl (C=O) groups is 1. The van der Waals surface area contributed by atoms with Gasteiger partial charge in [-0.15, -0.1) is 0 Å². The number of ether oxygens (including phenoxy) is 2. The highest BCUT2D eigenvalue weighted by atomic mass is 35.5. The molecule has 1 aromatic rings. The van der Waals surface area contributed by atoms with Crippen LogP contribution in [0.15, 0.2) is 30.0 Å². The minimum atomic E-state index is -0.653. The van der Waals surface area contributed by atoms with Crippen molar-refractivity contribution in [3.05, 3.63) is 45.6 Å². The molecule has 0 aliphatic carbocycles. The molecule has 0 atom stereocenters. The van der Waals surface area contributed by atoms with Crippen LogP contribution in [0.5, 0.6) is 0 Å². The molecule has 1 saturated heterocycles. The topological polar surface area (TPSA) is 47.6 Å². The van der Waals surface area contributed by atoms with Crippen LogP contribution < -0.4 is 5.32 Å². The molecule has 120 valence electrons. The van der Waals surface area contributed by atoms with Crippen LogP contribution in [-0.2, 0) is 20.7 Å². The Balaban J connectivity index is 1.71. The summed E-state index contributed by atoms with van der Waals surface area (Å²) in [4.78, 5) is 11.8. The number of halogens is 2. The highest BCUT2D eigenvalue weighted by Gasteiger charge is 2.29. The number of carbonyl (C=O) groups excluding carboxylic acids is 1. The fraction of sp³-hybridized carbons (Fsp3) is 0.438. The number of benzene rings is 1. The SMILES string of the molecule is CC1(C)OC/C(=C/C(=O)NCCCc2ccc(Cl)c(Cl)c2)O1. The van der Waals surface area contributed by atoms with Crippen molar-refractivity contribution in [2.75, 3.05) is 13.2 Å². The van der Waals surface area contributed by atoms with Crippen molar-refractivity contribution in [3.8, 4) is 0 Å². The lowest BCUT2D eigenvalue weighted by atomic mass is 10.1. The number of hydrogen-bond acceptors (Lipinski definition) is 3. The molecule has 0 spiro atoms. The van der Waals surface area contributed by atoms with Gasteiger partial charge in [-0.25, -0.2) is 0 Å². The molecule has 0 radical (unpaired) electrons. The van der Waals surface area contributed by atoms with Crippen LogP contribution in [0.3, 0.4) is 0 Å². The summed E-state index contributed by atoms with van der Waals surface area (Å²) in [5, 5.41) is 3.92. The summed E-state index contributed by atoms with van der Waals surface area (Å²) in [6, 6.07) is 5.56. The molecule has 6 heteroatoms.